The van der Waals surface area contributed by atoms with Crippen molar-refractivity contribution >= 4 is 61.9 Å². The summed E-state index contributed by atoms with van der Waals surface area (Å²) in [6.07, 6.45) is 0. The lowest BCUT2D eigenvalue weighted by Crippen LogP contribution is -2.13. The predicted octanol–water partition coefficient (Wildman–Crippen LogP) is 4.53. The molecule has 0 aliphatic heterocycles. The summed E-state index contributed by atoms with van der Waals surface area (Å²) in [5.41, 5.74) is 0.169. The SMILES string of the molecule is COc1cc(NS(=O)(=O)c2cc(Cl)sc2Cl)c(OC)cc1Cl. The second-order valence-corrected chi connectivity index (χ2v) is 8.32. The Bertz CT molecular complexity index is 805. The number of hydrogen-bond acceptors (Lipinski definition) is 5. The Morgan fingerprint density at radius 1 is 1.05 bits per heavy atom. The van der Waals surface area contributed by atoms with Gasteiger partial charge in [0.15, 0.2) is 0 Å². The topological polar surface area (TPSA) is 64.6 Å². The van der Waals surface area contributed by atoms with Gasteiger partial charge in [-0.3, -0.25) is 4.72 Å². The van der Waals surface area contributed by atoms with Crippen LogP contribution in [-0.2, 0) is 10.0 Å². The maximum absolute atomic E-state index is 12.4. The zero-order chi connectivity index (χ0) is 16.5. The number of benzene rings is 1. The van der Waals surface area contributed by atoms with Crippen LogP contribution in [-0.4, -0.2) is 22.6 Å². The number of sulfonamides is 1. The molecule has 1 aromatic carbocycles. The summed E-state index contributed by atoms with van der Waals surface area (Å²) in [5.74, 6) is 0.543. The minimum atomic E-state index is -3.93. The minimum absolute atomic E-state index is 0.0670. The molecule has 0 atom stereocenters. The summed E-state index contributed by atoms with van der Waals surface area (Å²) < 4.78 is 37.7. The summed E-state index contributed by atoms with van der Waals surface area (Å²) in [7, 11) is -1.12. The molecule has 1 heterocycles. The Kier molecular flexibility index (Phi) is 5.34. The van der Waals surface area contributed by atoms with Gasteiger partial charge in [0, 0.05) is 12.1 Å². The highest BCUT2D eigenvalue weighted by Gasteiger charge is 2.23. The number of ether oxygens (including phenoxy) is 2. The van der Waals surface area contributed by atoms with E-state index in [0.717, 1.165) is 11.3 Å². The van der Waals surface area contributed by atoms with Gasteiger partial charge in [0.05, 0.1) is 29.3 Å². The molecule has 0 aliphatic carbocycles. The highest BCUT2D eigenvalue weighted by atomic mass is 35.5. The molecular formula is C12H10Cl3NO4S2. The van der Waals surface area contributed by atoms with Crippen molar-refractivity contribution < 1.29 is 17.9 Å². The third-order valence-corrected chi connectivity index (χ3v) is 6.05. The zero-order valence-corrected chi connectivity index (χ0v) is 15.2. The molecule has 10 heteroatoms. The number of thiophene rings is 1. The monoisotopic (exact) mass is 401 g/mol. The van der Waals surface area contributed by atoms with Crippen LogP contribution in [0, 0.1) is 0 Å². The molecule has 0 radical (unpaired) electrons. The van der Waals surface area contributed by atoms with Crippen LogP contribution in [0.25, 0.3) is 0 Å². The molecular weight excluding hydrogens is 393 g/mol. The molecule has 0 bridgehead atoms. The molecule has 22 heavy (non-hydrogen) atoms. The van der Waals surface area contributed by atoms with E-state index < -0.39 is 10.0 Å². The number of nitrogens with one attached hydrogen (secondary N) is 1. The number of rotatable bonds is 5. The Morgan fingerprint density at radius 2 is 1.68 bits per heavy atom. The number of methoxy groups -OCH3 is 2. The van der Waals surface area contributed by atoms with Gasteiger partial charge in [-0.15, -0.1) is 11.3 Å². The second kappa shape index (κ2) is 6.72. The molecule has 0 unspecified atom stereocenters. The van der Waals surface area contributed by atoms with Gasteiger partial charge in [-0.25, -0.2) is 8.42 Å². The molecule has 0 spiro atoms. The van der Waals surface area contributed by atoms with Crippen LogP contribution in [0.5, 0.6) is 11.5 Å². The Morgan fingerprint density at radius 3 is 2.18 bits per heavy atom. The fraction of sp³-hybridized carbons (Fsp3) is 0.167. The van der Waals surface area contributed by atoms with E-state index in [0.29, 0.717) is 10.8 Å². The van der Waals surface area contributed by atoms with E-state index in [1.807, 2.05) is 0 Å². The van der Waals surface area contributed by atoms with Gasteiger partial charge in [-0.05, 0) is 6.07 Å². The first-order valence-electron chi connectivity index (χ1n) is 5.67. The summed E-state index contributed by atoms with van der Waals surface area (Å²) in [6.45, 7) is 0. The van der Waals surface area contributed by atoms with E-state index in [1.54, 1.807) is 0 Å². The van der Waals surface area contributed by atoms with Crippen LogP contribution >= 0.6 is 46.1 Å². The van der Waals surface area contributed by atoms with Crippen molar-refractivity contribution in [1.82, 2.24) is 0 Å². The molecule has 5 nitrogen and oxygen atoms in total. The number of hydrogen-bond donors (Lipinski definition) is 1. The molecule has 1 aromatic heterocycles. The molecule has 0 saturated carbocycles. The van der Waals surface area contributed by atoms with Gasteiger partial charge < -0.3 is 9.47 Å². The lowest BCUT2D eigenvalue weighted by Gasteiger charge is -2.14. The third-order valence-electron chi connectivity index (χ3n) is 2.63. The molecule has 2 aromatic rings. The lowest BCUT2D eigenvalue weighted by molar-refractivity contribution is 0.405. The molecule has 0 fully saturated rings. The van der Waals surface area contributed by atoms with Crippen molar-refractivity contribution in [2.45, 2.75) is 4.90 Å². The smallest absolute Gasteiger partial charge is 0.264 e. The Labute approximate surface area is 146 Å². The fourth-order valence-electron chi connectivity index (χ4n) is 1.65. The van der Waals surface area contributed by atoms with E-state index in [4.69, 9.17) is 44.3 Å². The summed E-state index contributed by atoms with van der Waals surface area (Å²) in [4.78, 5) is -0.111. The van der Waals surface area contributed by atoms with Gasteiger partial charge >= 0.3 is 0 Å². The van der Waals surface area contributed by atoms with Gasteiger partial charge in [-0.2, -0.15) is 0 Å². The Balaban J connectivity index is 2.47. The van der Waals surface area contributed by atoms with Crippen molar-refractivity contribution in [2.24, 2.45) is 0 Å². The van der Waals surface area contributed by atoms with Crippen LogP contribution in [0.3, 0.4) is 0 Å². The Hall–Kier alpha value is -0.860. The summed E-state index contributed by atoms with van der Waals surface area (Å²) in [5, 5.41) is 0.291. The normalized spacial score (nSPS) is 11.3. The van der Waals surface area contributed by atoms with Crippen molar-refractivity contribution in [2.75, 3.05) is 18.9 Å². The maximum atomic E-state index is 12.4. The van der Waals surface area contributed by atoms with E-state index in [2.05, 4.69) is 4.72 Å². The van der Waals surface area contributed by atoms with E-state index >= 15 is 0 Å². The van der Waals surface area contributed by atoms with Crippen LogP contribution in [0.15, 0.2) is 23.1 Å². The number of anilines is 1. The lowest BCUT2D eigenvalue weighted by atomic mass is 10.3. The fourth-order valence-corrected chi connectivity index (χ4v) is 5.09. The van der Waals surface area contributed by atoms with Crippen molar-refractivity contribution in [1.29, 1.82) is 0 Å². The van der Waals surface area contributed by atoms with Crippen molar-refractivity contribution in [3.05, 3.63) is 31.9 Å². The third kappa shape index (κ3) is 3.55. The molecule has 2 rings (SSSR count). The predicted molar refractivity (Wildman–Crippen MR) is 89.7 cm³/mol. The second-order valence-electron chi connectivity index (χ2n) is 3.98. The van der Waals surface area contributed by atoms with E-state index in [1.165, 1.54) is 32.4 Å². The standard InChI is InChI=1S/C12H10Cl3NO4S2/c1-19-8-4-7(9(20-2)3-6(8)13)16-22(17,18)10-5-11(14)21-12(10)15/h3-5,16H,1-2H3. The summed E-state index contributed by atoms with van der Waals surface area (Å²) >= 11 is 18.6. The van der Waals surface area contributed by atoms with E-state index in [9.17, 15) is 8.42 Å². The average Bonchev–Trinajstić information content (AvgIpc) is 2.79. The molecule has 1 N–H and O–H groups in total. The van der Waals surface area contributed by atoms with Crippen LogP contribution in [0.1, 0.15) is 0 Å². The molecule has 0 saturated heterocycles. The molecule has 0 aliphatic rings. The summed E-state index contributed by atoms with van der Waals surface area (Å²) in [6, 6.07) is 4.14. The van der Waals surface area contributed by atoms with Gasteiger partial charge in [-0.1, -0.05) is 34.8 Å². The molecule has 120 valence electrons. The average molecular weight is 403 g/mol. The maximum Gasteiger partial charge on any atom is 0.264 e. The number of halogens is 3. The van der Waals surface area contributed by atoms with Crippen molar-refractivity contribution in [3.63, 3.8) is 0 Å². The van der Waals surface area contributed by atoms with Crippen LogP contribution < -0.4 is 14.2 Å². The largest absolute Gasteiger partial charge is 0.495 e. The first-order chi connectivity index (χ1) is 10.3. The first kappa shape index (κ1) is 17.5. The van der Waals surface area contributed by atoms with Crippen LogP contribution in [0.2, 0.25) is 13.7 Å². The molecule has 0 amide bonds. The quantitative estimate of drug-likeness (QED) is 0.798. The van der Waals surface area contributed by atoms with E-state index in [-0.39, 0.29) is 25.0 Å². The first-order valence-corrected chi connectivity index (χ1v) is 9.11. The van der Waals surface area contributed by atoms with Crippen molar-refractivity contribution in [3.8, 4) is 11.5 Å². The zero-order valence-electron chi connectivity index (χ0n) is 11.3. The van der Waals surface area contributed by atoms with Crippen LogP contribution in [0.4, 0.5) is 5.69 Å². The highest BCUT2D eigenvalue weighted by Crippen LogP contribution is 2.39. The van der Waals surface area contributed by atoms with Gasteiger partial charge in [0.1, 0.15) is 20.7 Å². The minimum Gasteiger partial charge on any atom is -0.495 e. The van der Waals surface area contributed by atoms with Gasteiger partial charge in [0.2, 0.25) is 0 Å². The highest BCUT2D eigenvalue weighted by molar-refractivity contribution is 7.93. The van der Waals surface area contributed by atoms with Gasteiger partial charge in [0.25, 0.3) is 10.0 Å².